The summed E-state index contributed by atoms with van der Waals surface area (Å²) in [5, 5.41) is 2.81. The van der Waals surface area contributed by atoms with Crippen LogP contribution < -0.4 is 19.8 Å². The maximum atomic E-state index is 13.7. The van der Waals surface area contributed by atoms with Gasteiger partial charge in [-0.05, 0) is 48.4 Å². The fourth-order valence-electron chi connectivity index (χ4n) is 5.03. The lowest BCUT2D eigenvalue weighted by Crippen LogP contribution is -2.32. The maximum Gasteiger partial charge on any atom is 0.305 e. The standard InChI is InChI=1S/C29H23N3O5S2/c1-16-7-5-6-10-20(16)30-21(33)15-37-19-13-11-17(12-14-19)22-23-25(38-26-24(22)39-29(36)31-26)28(35)32(27(23)34)18-8-3-2-4-9-18/h2-14,22-23,25H,15H2,1H3,(H,30,33)(H,31,36). The molecule has 2 aliphatic heterocycles. The number of amides is 3. The van der Waals surface area contributed by atoms with Gasteiger partial charge in [0, 0.05) is 16.5 Å². The molecule has 0 aliphatic carbocycles. The molecule has 2 N–H and O–H groups in total. The summed E-state index contributed by atoms with van der Waals surface area (Å²) in [6, 6.07) is 23.5. The number of imide groups is 1. The summed E-state index contributed by atoms with van der Waals surface area (Å²) >= 11 is 2.31. The topological polar surface area (TPSA) is 109 Å². The van der Waals surface area contributed by atoms with Gasteiger partial charge in [-0.2, -0.15) is 0 Å². The number of aromatic amines is 1. The summed E-state index contributed by atoms with van der Waals surface area (Å²) in [6.07, 6.45) is 0. The summed E-state index contributed by atoms with van der Waals surface area (Å²) in [4.78, 5) is 56.4. The smallest absolute Gasteiger partial charge is 0.305 e. The van der Waals surface area contributed by atoms with Crippen LogP contribution in [0.15, 0.2) is 88.7 Å². The van der Waals surface area contributed by atoms with Crippen molar-refractivity contribution in [3.63, 3.8) is 0 Å². The number of aromatic nitrogens is 1. The fourth-order valence-corrected chi connectivity index (χ4v) is 7.54. The molecule has 3 unspecified atom stereocenters. The van der Waals surface area contributed by atoms with Gasteiger partial charge in [0.25, 0.3) is 5.91 Å². The van der Waals surface area contributed by atoms with Crippen molar-refractivity contribution in [3.8, 4) is 5.75 Å². The monoisotopic (exact) mass is 557 g/mol. The number of carbonyl (C=O) groups is 3. The van der Waals surface area contributed by atoms with E-state index in [0.717, 1.165) is 33.0 Å². The number of H-pyrrole nitrogens is 1. The van der Waals surface area contributed by atoms with Crippen LogP contribution in [0.4, 0.5) is 11.4 Å². The number of nitrogens with zero attached hydrogens (tertiary/aromatic N) is 1. The number of anilines is 2. The van der Waals surface area contributed by atoms with Gasteiger partial charge in [-0.25, -0.2) is 4.90 Å². The zero-order chi connectivity index (χ0) is 27.1. The van der Waals surface area contributed by atoms with Crippen molar-refractivity contribution in [2.24, 2.45) is 5.92 Å². The molecule has 10 heteroatoms. The lowest BCUT2D eigenvalue weighted by Gasteiger charge is -2.29. The summed E-state index contributed by atoms with van der Waals surface area (Å²) in [6.45, 7) is 1.75. The van der Waals surface area contributed by atoms with Crippen LogP contribution in [0.25, 0.3) is 0 Å². The largest absolute Gasteiger partial charge is 0.484 e. The van der Waals surface area contributed by atoms with E-state index in [9.17, 15) is 19.2 Å². The number of rotatable bonds is 6. The van der Waals surface area contributed by atoms with Crippen LogP contribution in [-0.4, -0.2) is 34.6 Å². The van der Waals surface area contributed by atoms with E-state index in [1.807, 2.05) is 49.4 Å². The van der Waals surface area contributed by atoms with Crippen molar-refractivity contribution in [1.82, 2.24) is 4.98 Å². The molecule has 1 aromatic heterocycles. The Kier molecular flexibility index (Phi) is 6.58. The van der Waals surface area contributed by atoms with Gasteiger partial charge < -0.3 is 15.0 Å². The van der Waals surface area contributed by atoms with Crippen LogP contribution in [-0.2, 0) is 14.4 Å². The molecule has 0 spiro atoms. The average Bonchev–Trinajstić information content (AvgIpc) is 3.43. The second kappa shape index (κ2) is 10.2. The zero-order valence-corrected chi connectivity index (χ0v) is 22.4. The van der Waals surface area contributed by atoms with Gasteiger partial charge in [0.1, 0.15) is 11.0 Å². The van der Waals surface area contributed by atoms with E-state index in [1.165, 1.54) is 16.7 Å². The van der Waals surface area contributed by atoms with Gasteiger partial charge >= 0.3 is 4.87 Å². The van der Waals surface area contributed by atoms with Crippen molar-refractivity contribution in [2.45, 2.75) is 23.1 Å². The van der Waals surface area contributed by atoms with E-state index in [1.54, 1.807) is 36.4 Å². The maximum absolute atomic E-state index is 13.7. The van der Waals surface area contributed by atoms with Crippen LogP contribution in [0, 0.1) is 12.8 Å². The van der Waals surface area contributed by atoms with Gasteiger partial charge in [-0.1, -0.05) is 71.6 Å². The number of carbonyl (C=O) groups excluding carboxylic acids is 3. The first kappa shape index (κ1) is 25.1. The molecule has 196 valence electrons. The predicted molar refractivity (Wildman–Crippen MR) is 151 cm³/mol. The minimum Gasteiger partial charge on any atom is -0.484 e. The second-order valence-electron chi connectivity index (χ2n) is 9.32. The van der Waals surface area contributed by atoms with E-state index >= 15 is 0 Å². The molecule has 1 saturated heterocycles. The minimum atomic E-state index is -0.659. The highest BCUT2D eigenvalue weighted by Crippen LogP contribution is 2.53. The number of hydrogen-bond donors (Lipinski definition) is 2. The first-order valence-corrected chi connectivity index (χ1v) is 14.0. The zero-order valence-electron chi connectivity index (χ0n) is 20.7. The van der Waals surface area contributed by atoms with Crippen molar-refractivity contribution >= 4 is 52.2 Å². The molecule has 0 bridgehead atoms. The molecule has 3 atom stereocenters. The number of fused-ring (bicyclic) bond motifs is 2. The molecule has 3 heterocycles. The first-order chi connectivity index (χ1) is 18.9. The van der Waals surface area contributed by atoms with Crippen molar-refractivity contribution < 1.29 is 19.1 Å². The molecule has 6 rings (SSSR count). The SMILES string of the molecule is Cc1ccccc1NC(=O)COc1ccc(C2c3sc(=O)[nH]c3SC3C(=O)N(c4ccccc4)C(=O)C32)cc1. The Labute approximate surface area is 232 Å². The van der Waals surface area contributed by atoms with Crippen LogP contribution in [0.1, 0.15) is 21.9 Å². The molecule has 3 aromatic carbocycles. The van der Waals surface area contributed by atoms with Gasteiger partial charge in [0.05, 0.1) is 16.6 Å². The van der Waals surface area contributed by atoms with Gasteiger partial charge in [-0.3, -0.25) is 19.2 Å². The van der Waals surface area contributed by atoms with Gasteiger partial charge in [0.2, 0.25) is 11.8 Å². The molecule has 1 fully saturated rings. The minimum absolute atomic E-state index is 0.166. The van der Waals surface area contributed by atoms with Gasteiger partial charge in [0.15, 0.2) is 6.61 Å². The second-order valence-corrected chi connectivity index (χ2v) is 11.5. The third-order valence-corrected chi connectivity index (χ3v) is 9.27. The van der Waals surface area contributed by atoms with Crippen LogP contribution in [0.2, 0.25) is 0 Å². The summed E-state index contributed by atoms with van der Waals surface area (Å²) in [5.74, 6) is -1.50. The third kappa shape index (κ3) is 4.66. The number of hydrogen-bond acceptors (Lipinski definition) is 7. The Morgan fingerprint density at radius 3 is 2.41 bits per heavy atom. The van der Waals surface area contributed by atoms with Crippen LogP contribution in [0.3, 0.4) is 0 Å². The van der Waals surface area contributed by atoms with Crippen LogP contribution >= 0.6 is 23.1 Å². The number of para-hydroxylation sites is 2. The highest BCUT2D eigenvalue weighted by atomic mass is 32.2. The number of aryl methyl sites for hydroxylation is 1. The molecule has 2 aliphatic rings. The number of thioether (sulfide) groups is 1. The Morgan fingerprint density at radius 2 is 1.67 bits per heavy atom. The van der Waals surface area contributed by atoms with Crippen molar-refractivity contribution in [3.05, 3.63) is 105 Å². The number of thiazole rings is 1. The normalized spacial score (nSPS) is 19.9. The van der Waals surface area contributed by atoms with E-state index in [0.29, 0.717) is 16.5 Å². The quantitative estimate of drug-likeness (QED) is 0.337. The van der Waals surface area contributed by atoms with Crippen molar-refractivity contribution in [1.29, 1.82) is 0 Å². The Hall–Kier alpha value is -4.15. The lowest BCUT2D eigenvalue weighted by molar-refractivity contribution is -0.122. The van der Waals surface area contributed by atoms with E-state index in [2.05, 4.69) is 10.3 Å². The first-order valence-electron chi connectivity index (χ1n) is 12.3. The number of nitrogens with one attached hydrogen (secondary N) is 2. The summed E-state index contributed by atoms with van der Waals surface area (Å²) in [7, 11) is 0. The van der Waals surface area contributed by atoms with E-state index in [-0.39, 0.29) is 29.2 Å². The Morgan fingerprint density at radius 1 is 0.949 bits per heavy atom. The van der Waals surface area contributed by atoms with E-state index < -0.39 is 17.1 Å². The lowest BCUT2D eigenvalue weighted by atomic mass is 9.83. The Balaban J connectivity index is 1.24. The fraction of sp³-hybridized carbons (Fsp3) is 0.172. The number of ether oxygens (including phenoxy) is 1. The molecule has 39 heavy (non-hydrogen) atoms. The average molecular weight is 558 g/mol. The van der Waals surface area contributed by atoms with Gasteiger partial charge in [-0.15, -0.1) is 0 Å². The molecular weight excluding hydrogens is 534 g/mol. The molecule has 0 saturated carbocycles. The van der Waals surface area contributed by atoms with Crippen molar-refractivity contribution in [2.75, 3.05) is 16.8 Å². The molecular formula is C29H23N3O5S2. The highest BCUT2D eigenvalue weighted by molar-refractivity contribution is 8.00. The predicted octanol–water partition coefficient (Wildman–Crippen LogP) is 4.56. The van der Waals surface area contributed by atoms with Crippen LogP contribution in [0.5, 0.6) is 5.75 Å². The summed E-state index contributed by atoms with van der Waals surface area (Å²) in [5.41, 5.74) is 3.00. The Bertz CT molecular complexity index is 1630. The summed E-state index contributed by atoms with van der Waals surface area (Å²) < 4.78 is 5.70. The molecule has 4 aromatic rings. The highest BCUT2D eigenvalue weighted by Gasteiger charge is 2.56. The third-order valence-electron chi connectivity index (χ3n) is 6.87. The molecule has 3 amide bonds. The number of benzene rings is 3. The van der Waals surface area contributed by atoms with E-state index in [4.69, 9.17) is 4.74 Å². The molecule has 0 radical (unpaired) electrons. The molecule has 8 nitrogen and oxygen atoms in total.